The Morgan fingerprint density at radius 1 is 0.946 bits per heavy atom. The van der Waals surface area contributed by atoms with E-state index in [0.717, 1.165) is 40.8 Å². The molecule has 300 valence electrons. The quantitative estimate of drug-likeness (QED) is 0.0535. The number of hydrogen-bond acceptors (Lipinski definition) is 10. The Hall–Kier alpha value is -5.62. The second-order valence-corrected chi connectivity index (χ2v) is 13.8. The topological polar surface area (TPSA) is 138 Å². The molecule has 4 rings (SSSR count). The van der Waals surface area contributed by atoms with Crippen molar-refractivity contribution in [3.05, 3.63) is 88.5 Å². The zero-order valence-corrected chi connectivity index (χ0v) is 34.0. The maximum absolute atomic E-state index is 12.2. The van der Waals surface area contributed by atoms with Crippen LogP contribution in [-0.4, -0.2) is 87.6 Å². The molecule has 0 aliphatic carbocycles. The minimum absolute atomic E-state index is 0.0359. The summed E-state index contributed by atoms with van der Waals surface area (Å²) in [5, 5.41) is 0. The summed E-state index contributed by atoms with van der Waals surface area (Å²) >= 11 is 0. The van der Waals surface area contributed by atoms with Crippen LogP contribution in [0.5, 0.6) is 28.7 Å². The number of ether oxygens (including phenoxy) is 5. The van der Waals surface area contributed by atoms with Crippen LogP contribution in [0.1, 0.15) is 63.6 Å². The number of nitrogens with zero attached hydrogens (tertiary/aromatic N) is 4. The van der Waals surface area contributed by atoms with Gasteiger partial charge in [-0.1, -0.05) is 23.3 Å². The predicted molar refractivity (Wildman–Crippen MR) is 223 cm³/mol. The zero-order valence-electron chi connectivity index (χ0n) is 34.0. The summed E-state index contributed by atoms with van der Waals surface area (Å²) in [5.41, 5.74) is 12.1. The minimum atomic E-state index is -0.199. The first-order chi connectivity index (χ1) is 27.0. The van der Waals surface area contributed by atoms with E-state index in [0.29, 0.717) is 67.0 Å². The van der Waals surface area contributed by atoms with Gasteiger partial charge in [-0.15, -0.1) is 0 Å². The maximum atomic E-state index is 12.2. The Morgan fingerprint density at radius 2 is 1.64 bits per heavy atom. The van der Waals surface area contributed by atoms with Gasteiger partial charge in [0.25, 0.3) is 0 Å². The number of hydrogen-bond donors (Lipinski definition) is 1. The lowest BCUT2D eigenvalue weighted by molar-refractivity contribution is -0.128. The van der Waals surface area contributed by atoms with Crippen molar-refractivity contribution in [3.8, 4) is 28.7 Å². The largest absolute Gasteiger partial charge is 0.494 e. The van der Waals surface area contributed by atoms with E-state index < -0.39 is 0 Å². The van der Waals surface area contributed by atoms with E-state index in [1.807, 2.05) is 88.5 Å². The van der Waals surface area contributed by atoms with Crippen molar-refractivity contribution in [3.63, 3.8) is 0 Å². The molecule has 3 aromatic rings. The van der Waals surface area contributed by atoms with Gasteiger partial charge in [0.2, 0.25) is 12.3 Å². The summed E-state index contributed by atoms with van der Waals surface area (Å²) in [5.74, 6) is 2.82. The lowest BCUT2D eigenvalue weighted by Gasteiger charge is -2.24. The number of methoxy groups -OCH3 is 2. The molecule has 1 aliphatic heterocycles. The summed E-state index contributed by atoms with van der Waals surface area (Å²) < 4.78 is 30.1. The van der Waals surface area contributed by atoms with E-state index in [9.17, 15) is 9.59 Å². The molecule has 12 nitrogen and oxygen atoms in total. The van der Waals surface area contributed by atoms with Crippen molar-refractivity contribution in [2.45, 2.75) is 79.2 Å². The fraction of sp³-hybridized carbons (Fsp3) is 0.409. The van der Waals surface area contributed by atoms with E-state index >= 15 is 0 Å². The van der Waals surface area contributed by atoms with Crippen LogP contribution in [0.2, 0.25) is 0 Å². The fourth-order valence-electron chi connectivity index (χ4n) is 6.07. The van der Waals surface area contributed by atoms with Gasteiger partial charge in [0.1, 0.15) is 19.0 Å². The molecule has 1 fully saturated rings. The Kier molecular flexibility index (Phi) is 16.5. The third kappa shape index (κ3) is 12.2. The monoisotopic (exact) mass is 767 g/mol. The van der Waals surface area contributed by atoms with Crippen LogP contribution in [0.3, 0.4) is 0 Å². The molecule has 1 aliphatic rings. The van der Waals surface area contributed by atoms with Crippen LogP contribution in [0, 0.1) is 6.92 Å². The molecule has 56 heavy (non-hydrogen) atoms. The number of benzene rings is 3. The van der Waals surface area contributed by atoms with E-state index in [2.05, 4.69) is 6.08 Å². The van der Waals surface area contributed by atoms with Crippen molar-refractivity contribution in [2.75, 3.05) is 41.0 Å². The van der Waals surface area contributed by atoms with Gasteiger partial charge in [-0.05, 0) is 107 Å². The maximum Gasteiger partial charge on any atom is 0.219 e. The van der Waals surface area contributed by atoms with Crippen molar-refractivity contribution in [1.29, 1.82) is 0 Å². The smallest absolute Gasteiger partial charge is 0.219 e. The fourth-order valence-corrected chi connectivity index (χ4v) is 6.07. The van der Waals surface area contributed by atoms with Crippen LogP contribution in [-0.2, 0) is 22.8 Å². The first-order valence-corrected chi connectivity index (χ1v) is 18.9. The summed E-state index contributed by atoms with van der Waals surface area (Å²) in [6.07, 6.45) is 10.7. The first-order valence-electron chi connectivity index (χ1n) is 18.9. The van der Waals surface area contributed by atoms with Gasteiger partial charge in [-0.25, -0.2) is 0 Å². The predicted octanol–water partition coefficient (Wildman–Crippen LogP) is 7.68. The van der Waals surface area contributed by atoms with Crippen molar-refractivity contribution < 1.29 is 33.3 Å². The second-order valence-electron chi connectivity index (χ2n) is 13.8. The molecular formula is C44H57N5O7. The highest BCUT2D eigenvalue weighted by Gasteiger charge is 2.25. The van der Waals surface area contributed by atoms with Gasteiger partial charge in [-0.2, -0.15) is 0 Å². The highest BCUT2D eigenvalue weighted by atomic mass is 16.5. The summed E-state index contributed by atoms with van der Waals surface area (Å²) in [6, 6.07) is 14.8. The third-order valence-corrected chi connectivity index (χ3v) is 9.69. The number of aliphatic imine (C=N–C) groups is 2. The van der Waals surface area contributed by atoms with Crippen molar-refractivity contribution in [2.24, 2.45) is 15.7 Å². The number of likely N-dealkylation sites (tertiary alicyclic amines) is 1. The molecule has 12 heteroatoms. The van der Waals surface area contributed by atoms with Gasteiger partial charge in [0.05, 0.1) is 44.3 Å². The number of allylic oxidation sites excluding steroid dienone is 2. The zero-order chi connectivity index (χ0) is 40.6. The number of nitrogens with two attached hydrogens (primary N) is 1. The lowest BCUT2D eigenvalue weighted by atomic mass is 10.1. The van der Waals surface area contributed by atoms with Crippen molar-refractivity contribution >= 4 is 36.1 Å². The molecule has 2 unspecified atom stereocenters. The summed E-state index contributed by atoms with van der Waals surface area (Å²) in [7, 11) is 4.98. The minimum Gasteiger partial charge on any atom is -0.494 e. The van der Waals surface area contributed by atoms with E-state index in [4.69, 9.17) is 39.4 Å². The van der Waals surface area contributed by atoms with Crippen LogP contribution in [0.15, 0.2) is 81.8 Å². The molecule has 2 atom stereocenters. The highest BCUT2D eigenvalue weighted by molar-refractivity contribution is 5.80. The molecule has 2 N–H and O–H groups in total. The average molecular weight is 768 g/mol. The van der Waals surface area contributed by atoms with Crippen LogP contribution >= 0.6 is 0 Å². The van der Waals surface area contributed by atoms with Crippen LogP contribution in [0.25, 0.3) is 0 Å². The van der Waals surface area contributed by atoms with E-state index in [1.54, 1.807) is 44.2 Å². The Morgan fingerprint density at radius 3 is 2.25 bits per heavy atom. The number of carbonyl (C=O) groups is 2. The molecule has 2 amide bonds. The van der Waals surface area contributed by atoms with Gasteiger partial charge in [0.15, 0.2) is 23.0 Å². The molecule has 0 bridgehead atoms. The van der Waals surface area contributed by atoms with E-state index in [-0.39, 0.29) is 31.2 Å². The molecule has 3 aromatic carbocycles. The number of rotatable bonds is 20. The molecule has 0 spiro atoms. The number of aryl methyl sites for hydroxylation is 1. The molecule has 0 saturated carbocycles. The third-order valence-electron chi connectivity index (χ3n) is 9.69. The van der Waals surface area contributed by atoms with Gasteiger partial charge in [-0.3, -0.25) is 19.6 Å². The molecule has 1 saturated heterocycles. The molecule has 0 radical (unpaired) electrons. The standard InChI is InChI=1S/C44H57N5O7/c1-9-30(3)16-37(48(6)32(5)51)24-46-36-12-13-41(52-7)43(22-36)55-27-34-18-35(21-39(20-34)54-15-11-14-45)28-56-44-23-40(31(4)17-42(44)53-8)47-25-38-19-33(10-2)26-49(38)29-50/h9-10,12-13,17-18,20-25,29,37-38H,11,14-16,19,26-28,45H2,1-8H3/b30-9-,33-10+,46-24?,47-25?. The number of carbonyl (C=O) groups excluding carboxylic acids is 2. The molecular weight excluding hydrogens is 711 g/mol. The van der Waals surface area contributed by atoms with Crippen LogP contribution < -0.4 is 29.4 Å². The average Bonchev–Trinajstić information content (AvgIpc) is 3.62. The highest BCUT2D eigenvalue weighted by Crippen LogP contribution is 2.36. The second kappa shape index (κ2) is 21.5. The summed E-state index contributed by atoms with van der Waals surface area (Å²) in [6.45, 7) is 11.5. The van der Waals surface area contributed by atoms with Crippen LogP contribution in [0.4, 0.5) is 11.4 Å². The normalized spacial score (nSPS) is 15.7. The Labute approximate surface area is 331 Å². The summed E-state index contributed by atoms with van der Waals surface area (Å²) in [4.78, 5) is 36.8. The van der Waals surface area contributed by atoms with Crippen molar-refractivity contribution in [1.82, 2.24) is 9.80 Å². The SMILES string of the molecule is C/C=C(/C)CC(C=Nc1ccc(OC)c(OCc2cc(COc3cc(N=CC4C/C(=C\C)CN4C=O)c(C)cc3OC)cc(OCCCN)c2)c1)N(C)C(C)=O. The first kappa shape index (κ1) is 43.1. The Balaban J connectivity index is 1.55. The van der Waals surface area contributed by atoms with E-state index in [1.165, 1.54) is 5.57 Å². The van der Waals surface area contributed by atoms with Gasteiger partial charge >= 0.3 is 0 Å². The Bertz CT molecular complexity index is 1920. The van der Waals surface area contributed by atoms with Gasteiger partial charge < -0.3 is 39.2 Å². The number of amides is 2. The van der Waals surface area contributed by atoms with Gasteiger partial charge in [0, 0.05) is 45.1 Å². The lowest BCUT2D eigenvalue weighted by Crippen LogP contribution is -2.36. The molecule has 1 heterocycles. The molecule has 0 aromatic heterocycles.